The Balaban J connectivity index is 1.70. The van der Waals surface area contributed by atoms with E-state index in [0.29, 0.717) is 22.9 Å². The summed E-state index contributed by atoms with van der Waals surface area (Å²) in [6.07, 6.45) is -4.01. The standard InChI is InChI=1S/C39H54N10O13S/c1-4-16(2)31-36(60)42-11-29(55)43-25-15-63-38-21(20-6-5-18(51)7-22(20)46-38)9-23(33(57)41-12-30(56)47-31)44-37(61)32(17(3)27(53)14-50)48-35(59)26-8-19(52)13-49(26)39(62)24(10-28(40)54)45-34(25)58/h5-7,16-17,19,23-27,31-32,46,50-53H,4,8-15H2,1-3H3,(H2,40,54)(H,41,57)(H,42,60)(H,43,55)(H,44,61)(H,45,58)(H,47,56)(H,48,59). The molecule has 14 N–H and O–H groups in total. The number of aromatic nitrogens is 1. The minimum absolute atomic E-state index is 0.146. The maximum Gasteiger partial charge on any atom is 0.246 e. The Morgan fingerprint density at radius 2 is 1.56 bits per heavy atom. The zero-order valence-electron chi connectivity index (χ0n) is 34.8. The van der Waals surface area contributed by atoms with Crippen LogP contribution < -0.4 is 43.0 Å². The van der Waals surface area contributed by atoms with Gasteiger partial charge in [-0.1, -0.05) is 27.2 Å². The maximum absolute atomic E-state index is 14.4. The quantitative estimate of drug-likeness (QED) is 0.124. The van der Waals surface area contributed by atoms with Gasteiger partial charge in [0, 0.05) is 42.5 Å². The summed E-state index contributed by atoms with van der Waals surface area (Å²) >= 11 is 0.949. The highest BCUT2D eigenvalue weighted by Crippen LogP contribution is 2.33. The largest absolute Gasteiger partial charge is 0.508 e. The lowest BCUT2D eigenvalue weighted by molar-refractivity contribution is -0.144. The molecule has 0 aliphatic carbocycles. The van der Waals surface area contributed by atoms with Gasteiger partial charge in [0.05, 0.1) is 48.9 Å². The number of nitrogens with two attached hydrogens (primary N) is 1. The first-order chi connectivity index (χ1) is 29.8. The topological polar surface area (TPSA) is 364 Å². The van der Waals surface area contributed by atoms with Gasteiger partial charge in [0.2, 0.25) is 53.2 Å². The molecule has 0 saturated carbocycles. The molecule has 3 aliphatic rings. The zero-order chi connectivity index (χ0) is 46.3. The Morgan fingerprint density at radius 3 is 2.22 bits per heavy atom. The molecule has 10 atom stereocenters. The third-order valence-corrected chi connectivity index (χ3v) is 12.5. The number of aromatic hydroxyl groups is 1. The van der Waals surface area contributed by atoms with Crippen molar-refractivity contribution >= 4 is 75.8 Å². The summed E-state index contributed by atoms with van der Waals surface area (Å²) in [6, 6.07) is -5.00. The lowest BCUT2D eigenvalue weighted by atomic mass is 9.93. The summed E-state index contributed by atoms with van der Waals surface area (Å²) < 4.78 is 0. The van der Waals surface area contributed by atoms with Gasteiger partial charge in [-0.15, -0.1) is 11.8 Å². The van der Waals surface area contributed by atoms with E-state index in [4.69, 9.17) is 5.73 Å². The minimum atomic E-state index is -1.75. The Morgan fingerprint density at radius 1 is 0.873 bits per heavy atom. The molecule has 63 heavy (non-hydrogen) atoms. The highest BCUT2D eigenvalue weighted by molar-refractivity contribution is 7.99. The number of hydrogen-bond donors (Lipinski definition) is 13. The fraction of sp³-hybridized carbons (Fsp3) is 0.564. The number of fused-ring (bicyclic) bond motifs is 5. The van der Waals surface area contributed by atoms with Crippen LogP contribution in [0.15, 0.2) is 23.2 Å². The van der Waals surface area contributed by atoms with Crippen LogP contribution in [0.5, 0.6) is 5.75 Å². The van der Waals surface area contributed by atoms with E-state index in [2.05, 4.69) is 42.2 Å². The highest BCUT2D eigenvalue weighted by Gasteiger charge is 2.45. The SMILES string of the molecule is CCC(C)C1NC(=O)CNC(=O)C2Cc3c([nH]c4cc(O)ccc34)SCC(NC(=O)CNC1=O)C(=O)NC(CC(N)=O)C(=O)N1CC(O)CC1C(=O)NC(C(C)C(O)CO)C(=O)N2. The van der Waals surface area contributed by atoms with Crippen LogP contribution in [-0.2, 0) is 49.6 Å². The molecule has 9 amide bonds. The lowest BCUT2D eigenvalue weighted by Gasteiger charge is -2.32. The molecule has 0 spiro atoms. The molecule has 1 aromatic heterocycles. The van der Waals surface area contributed by atoms with Gasteiger partial charge < -0.3 is 73.3 Å². The first-order valence-corrected chi connectivity index (χ1v) is 21.4. The second-order valence-electron chi connectivity index (χ2n) is 15.9. The number of thioether (sulfide) groups is 1. The van der Waals surface area contributed by atoms with E-state index < -0.39 is 146 Å². The molecular formula is C39H54N10O13S. The molecule has 1 fully saturated rings. The highest BCUT2D eigenvalue weighted by atomic mass is 32.2. The number of aliphatic hydroxyl groups excluding tert-OH is 3. The van der Waals surface area contributed by atoms with Crippen LogP contribution in [0.1, 0.15) is 45.6 Å². The third kappa shape index (κ3) is 11.7. The van der Waals surface area contributed by atoms with Crippen molar-refractivity contribution in [2.24, 2.45) is 17.6 Å². The number of nitrogens with one attached hydrogen (secondary N) is 8. The van der Waals surface area contributed by atoms with Crippen molar-refractivity contribution in [3.05, 3.63) is 23.8 Å². The number of aromatic amines is 1. The van der Waals surface area contributed by atoms with E-state index in [0.717, 1.165) is 16.7 Å². The van der Waals surface area contributed by atoms with E-state index >= 15 is 0 Å². The third-order valence-electron chi connectivity index (χ3n) is 11.4. The first kappa shape index (κ1) is 48.1. The fourth-order valence-electron chi connectivity index (χ4n) is 7.56. The van der Waals surface area contributed by atoms with Gasteiger partial charge in [-0.05, 0) is 23.6 Å². The number of nitrogens with zero attached hydrogens (tertiary/aromatic N) is 1. The van der Waals surface area contributed by atoms with Crippen LogP contribution in [0.4, 0.5) is 0 Å². The average Bonchev–Trinajstić information content (AvgIpc) is 3.80. The minimum Gasteiger partial charge on any atom is -0.508 e. The summed E-state index contributed by atoms with van der Waals surface area (Å²) in [4.78, 5) is 128. The number of phenols is 1. The number of phenolic OH excluding ortho intramolecular Hbond substituents is 1. The molecule has 2 bridgehead atoms. The first-order valence-electron chi connectivity index (χ1n) is 20.4. The van der Waals surface area contributed by atoms with Crippen LogP contribution in [0, 0.1) is 11.8 Å². The monoisotopic (exact) mass is 902 g/mol. The van der Waals surface area contributed by atoms with E-state index in [1.165, 1.54) is 25.1 Å². The Kier molecular flexibility index (Phi) is 16.0. The summed E-state index contributed by atoms with van der Waals surface area (Å²) in [5, 5.41) is 59.9. The molecule has 5 rings (SSSR count). The van der Waals surface area contributed by atoms with E-state index in [-0.39, 0.29) is 29.4 Å². The van der Waals surface area contributed by atoms with Crippen LogP contribution in [-0.4, -0.2) is 164 Å². The number of carbonyl (C=O) groups excluding carboxylic acids is 9. The van der Waals surface area contributed by atoms with Crippen LogP contribution in [0.2, 0.25) is 0 Å². The second-order valence-corrected chi connectivity index (χ2v) is 17.0. The fourth-order valence-corrected chi connectivity index (χ4v) is 8.68. The number of H-pyrrole nitrogens is 1. The summed E-state index contributed by atoms with van der Waals surface area (Å²) in [7, 11) is 0. The number of rotatable bonds is 7. The molecule has 4 heterocycles. The molecule has 23 nitrogen and oxygen atoms in total. The number of amides is 9. The van der Waals surface area contributed by atoms with Gasteiger partial charge in [0.15, 0.2) is 0 Å². The average molecular weight is 903 g/mol. The number of hydrogen-bond acceptors (Lipinski definition) is 14. The van der Waals surface area contributed by atoms with Gasteiger partial charge >= 0.3 is 0 Å². The van der Waals surface area contributed by atoms with Gasteiger partial charge in [-0.3, -0.25) is 43.2 Å². The smallest absolute Gasteiger partial charge is 0.246 e. The summed E-state index contributed by atoms with van der Waals surface area (Å²) in [5.74, 6) is -10.7. The Labute approximate surface area is 364 Å². The van der Waals surface area contributed by atoms with Crippen molar-refractivity contribution in [1.82, 2.24) is 47.1 Å². The molecule has 1 aromatic carbocycles. The van der Waals surface area contributed by atoms with Crippen LogP contribution >= 0.6 is 11.8 Å². The van der Waals surface area contributed by atoms with Crippen LogP contribution in [0.3, 0.4) is 0 Å². The number of primary amides is 1. The number of benzene rings is 1. The van der Waals surface area contributed by atoms with Gasteiger partial charge in [-0.25, -0.2) is 0 Å². The molecule has 2 aromatic rings. The van der Waals surface area contributed by atoms with E-state index in [1.807, 2.05) is 0 Å². The molecular weight excluding hydrogens is 849 g/mol. The predicted molar refractivity (Wildman–Crippen MR) is 222 cm³/mol. The van der Waals surface area contributed by atoms with Crippen molar-refractivity contribution in [2.45, 2.75) is 99.9 Å². The van der Waals surface area contributed by atoms with E-state index in [9.17, 15) is 63.6 Å². The summed E-state index contributed by atoms with van der Waals surface area (Å²) in [5.41, 5.74) is 6.19. The summed E-state index contributed by atoms with van der Waals surface area (Å²) in [6.45, 7) is 2.08. The van der Waals surface area contributed by atoms with Crippen molar-refractivity contribution < 1.29 is 63.6 Å². The lowest BCUT2D eigenvalue weighted by Crippen LogP contribution is -2.62. The molecule has 0 radical (unpaired) electrons. The van der Waals surface area contributed by atoms with Crippen molar-refractivity contribution in [3.63, 3.8) is 0 Å². The molecule has 10 unspecified atom stereocenters. The van der Waals surface area contributed by atoms with E-state index in [1.54, 1.807) is 13.8 Å². The predicted octanol–water partition coefficient (Wildman–Crippen LogP) is -4.94. The van der Waals surface area contributed by atoms with Crippen molar-refractivity contribution in [3.8, 4) is 5.75 Å². The molecule has 1 saturated heterocycles. The second kappa shape index (κ2) is 20.9. The maximum atomic E-state index is 14.4. The molecule has 3 aliphatic heterocycles. The van der Waals surface area contributed by atoms with Crippen molar-refractivity contribution in [2.75, 3.05) is 32.0 Å². The van der Waals surface area contributed by atoms with Crippen molar-refractivity contribution in [1.29, 1.82) is 0 Å². The van der Waals surface area contributed by atoms with Gasteiger partial charge in [-0.2, -0.15) is 0 Å². The van der Waals surface area contributed by atoms with Gasteiger partial charge in [0.1, 0.15) is 42.0 Å². The normalized spacial score (nSPS) is 27.6. The number of aliphatic hydroxyl groups is 3. The molecule has 344 valence electrons. The Bertz CT molecular complexity index is 2120. The zero-order valence-corrected chi connectivity index (χ0v) is 35.6. The number of carbonyl (C=O) groups is 9. The van der Waals surface area contributed by atoms with Gasteiger partial charge in [0.25, 0.3) is 0 Å². The Hall–Kier alpha value is -5.98. The molecule has 24 heteroatoms. The van der Waals surface area contributed by atoms with Crippen LogP contribution in [0.25, 0.3) is 10.9 Å².